The Balaban J connectivity index is 2.43. The lowest BCUT2D eigenvalue weighted by Crippen LogP contribution is -2.34. The van der Waals surface area contributed by atoms with Crippen LogP contribution >= 0.6 is 7.60 Å². The standard InChI is InChI=1S/C10H22NO3P/c1-13-15(12,14-2)9-10-7-5-3-4-6-8-11-10/h10-11H,3-9H2,1-2H3. The van der Waals surface area contributed by atoms with Crippen molar-refractivity contribution in [2.24, 2.45) is 0 Å². The second-order valence-corrected chi connectivity index (χ2v) is 6.33. The maximum absolute atomic E-state index is 11.9. The molecule has 5 heteroatoms. The molecule has 0 radical (unpaired) electrons. The van der Waals surface area contributed by atoms with E-state index < -0.39 is 7.60 Å². The van der Waals surface area contributed by atoms with Gasteiger partial charge < -0.3 is 14.4 Å². The van der Waals surface area contributed by atoms with Crippen LogP contribution in [0.5, 0.6) is 0 Å². The van der Waals surface area contributed by atoms with Gasteiger partial charge in [-0.05, 0) is 19.4 Å². The van der Waals surface area contributed by atoms with Crippen LogP contribution in [0.3, 0.4) is 0 Å². The summed E-state index contributed by atoms with van der Waals surface area (Å²) < 4.78 is 21.8. The smallest absolute Gasteiger partial charge is 0.313 e. The molecule has 0 aliphatic carbocycles. The normalized spacial score (nSPS) is 24.5. The first-order valence-corrected chi connectivity index (χ1v) is 7.37. The van der Waals surface area contributed by atoms with E-state index in [1.807, 2.05) is 0 Å². The highest BCUT2D eigenvalue weighted by atomic mass is 31.2. The Morgan fingerprint density at radius 2 is 1.87 bits per heavy atom. The molecule has 1 fully saturated rings. The fourth-order valence-corrected chi connectivity index (χ4v) is 3.23. The predicted molar refractivity (Wildman–Crippen MR) is 61.4 cm³/mol. The lowest BCUT2D eigenvalue weighted by atomic mass is 10.1. The molecule has 1 saturated heterocycles. The van der Waals surface area contributed by atoms with Crippen LogP contribution in [-0.2, 0) is 13.6 Å². The summed E-state index contributed by atoms with van der Waals surface area (Å²) in [6.07, 6.45) is 6.54. The van der Waals surface area contributed by atoms with Crippen LogP contribution in [0.25, 0.3) is 0 Å². The third-order valence-corrected chi connectivity index (χ3v) is 4.91. The van der Waals surface area contributed by atoms with Crippen LogP contribution in [0, 0.1) is 0 Å². The van der Waals surface area contributed by atoms with Crippen molar-refractivity contribution in [1.29, 1.82) is 0 Å². The fraction of sp³-hybridized carbons (Fsp3) is 1.00. The van der Waals surface area contributed by atoms with E-state index >= 15 is 0 Å². The van der Waals surface area contributed by atoms with Crippen molar-refractivity contribution in [3.8, 4) is 0 Å². The van der Waals surface area contributed by atoms with E-state index in [4.69, 9.17) is 9.05 Å². The van der Waals surface area contributed by atoms with Crippen LogP contribution in [0.15, 0.2) is 0 Å². The minimum atomic E-state index is -2.85. The molecule has 1 unspecified atom stereocenters. The van der Waals surface area contributed by atoms with E-state index in [0.717, 1.165) is 13.0 Å². The van der Waals surface area contributed by atoms with Gasteiger partial charge in [0.15, 0.2) is 0 Å². The van der Waals surface area contributed by atoms with Crippen molar-refractivity contribution in [2.45, 2.75) is 38.1 Å². The van der Waals surface area contributed by atoms with Crippen LogP contribution in [-0.4, -0.2) is 33.0 Å². The highest BCUT2D eigenvalue weighted by Gasteiger charge is 2.26. The molecule has 0 aromatic rings. The summed E-state index contributed by atoms with van der Waals surface area (Å²) in [5.74, 6) is 0. The molecule has 1 aliphatic rings. The SMILES string of the molecule is COP(=O)(CC1CCCCCCN1)OC. The molecular weight excluding hydrogens is 213 g/mol. The van der Waals surface area contributed by atoms with Gasteiger partial charge in [-0.2, -0.15) is 0 Å². The zero-order valence-electron chi connectivity index (χ0n) is 9.70. The average Bonchev–Trinajstić information content (AvgIpc) is 2.22. The summed E-state index contributed by atoms with van der Waals surface area (Å²) in [7, 11) is 0.0576. The van der Waals surface area contributed by atoms with Crippen molar-refractivity contribution in [3.63, 3.8) is 0 Å². The molecule has 1 rings (SSSR count). The number of nitrogens with one attached hydrogen (secondary N) is 1. The van der Waals surface area contributed by atoms with E-state index in [1.165, 1.54) is 39.9 Å². The lowest BCUT2D eigenvalue weighted by Gasteiger charge is -2.24. The fourth-order valence-electron chi connectivity index (χ4n) is 1.93. The largest absolute Gasteiger partial charge is 0.331 e. The molecule has 15 heavy (non-hydrogen) atoms. The van der Waals surface area contributed by atoms with Crippen LogP contribution in [0.1, 0.15) is 32.1 Å². The Bertz CT molecular complexity index is 207. The molecule has 1 aliphatic heterocycles. The monoisotopic (exact) mass is 235 g/mol. The van der Waals surface area contributed by atoms with Crippen molar-refractivity contribution < 1.29 is 13.6 Å². The van der Waals surface area contributed by atoms with Crippen LogP contribution in [0.4, 0.5) is 0 Å². The molecule has 0 amide bonds. The van der Waals surface area contributed by atoms with Gasteiger partial charge in [-0.3, -0.25) is 4.57 Å². The molecule has 0 bridgehead atoms. The Morgan fingerprint density at radius 3 is 2.53 bits per heavy atom. The van der Waals surface area contributed by atoms with Gasteiger partial charge >= 0.3 is 7.60 Å². The van der Waals surface area contributed by atoms with Crippen molar-refractivity contribution >= 4 is 7.60 Å². The summed E-state index contributed by atoms with van der Waals surface area (Å²) in [5, 5.41) is 3.41. The second-order valence-electron chi connectivity index (χ2n) is 4.01. The minimum absolute atomic E-state index is 0.274. The minimum Gasteiger partial charge on any atom is -0.313 e. The quantitative estimate of drug-likeness (QED) is 0.760. The molecule has 0 aromatic heterocycles. The maximum atomic E-state index is 11.9. The molecule has 0 aromatic carbocycles. The first-order chi connectivity index (χ1) is 7.20. The van der Waals surface area contributed by atoms with E-state index in [1.54, 1.807) is 0 Å². The molecule has 90 valence electrons. The van der Waals surface area contributed by atoms with E-state index in [9.17, 15) is 4.57 Å². The van der Waals surface area contributed by atoms with E-state index in [0.29, 0.717) is 6.16 Å². The number of rotatable bonds is 4. The average molecular weight is 235 g/mol. The summed E-state index contributed by atoms with van der Waals surface area (Å²) >= 11 is 0. The van der Waals surface area contributed by atoms with Crippen molar-refractivity contribution in [2.75, 3.05) is 26.9 Å². The highest BCUT2D eigenvalue weighted by Crippen LogP contribution is 2.47. The molecule has 1 N–H and O–H groups in total. The third kappa shape index (κ3) is 4.64. The van der Waals surface area contributed by atoms with Gasteiger partial charge in [0.25, 0.3) is 0 Å². The molecule has 0 saturated carbocycles. The van der Waals surface area contributed by atoms with Gasteiger partial charge in [-0.1, -0.05) is 19.3 Å². The zero-order valence-corrected chi connectivity index (χ0v) is 10.6. The molecule has 4 nitrogen and oxygen atoms in total. The van der Waals surface area contributed by atoms with Crippen molar-refractivity contribution in [3.05, 3.63) is 0 Å². The van der Waals surface area contributed by atoms with Crippen molar-refractivity contribution in [1.82, 2.24) is 5.32 Å². The van der Waals surface area contributed by atoms with Crippen LogP contribution < -0.4 is 5.32 Å². The van der Waals surface area contributed by atoms with Gasteiger partial charge in [-0.25, -0.2) is 0 Å². The first-order valence-electron chi connectivity index (χ1n) is 5.64. The summed E-state index contributed by atoms with van der Waals surface area (Å²) in [4.78, 5) is 0. The number of hydrogen-bond acceptors (Lipinski definition) is 4. The molecule has 1 atom stereocenters. The third-order valence-electron chi connectivity index (χ3n) is 2.91. The topological polar surface area (TPSA) is 47.6 Å². The Kier molecular flexibility index (Phi) is 5.83. The Labute approximate surface area is 92.3 Å². The number of hydrogen-bond donors (Lipinski definition) is 1. The molecule has 0 spiro atoms. The zero-order chi connectivity index (χ0) is 11.1. The van der Waals surface area contributed by atoms with Gasteiger partial charge in [-0.15, -0.1) is 0 Å². The summed E-state index contributed by atoms with van der Waals surface area (Å²) in [6, 6.07) is 0.274. The molecule has 1 heterocycles. The Hall–Kier alpha value is 0.110. The maximum Gasteiger partial charge on any atom is 0.331 e. The second kappa shape index (κ2) is 6.64. The van der Waals surface area contributed by atoms with Gasteiger partial charge in [0.1, 0.15) is 0 Å². The summed E-state index contributed by atoms with van der Waals surface area (Å²) in [6.45, 7) is 1.01. The Morgan fingerprint density at radius 1 is 1.20 bits per heavy atom. The van der Waals surface area contributed by atoms with Gasteiger partial charge in [0, 0.05) is 20.3 Å². The first kappa shape index (κ1) is 13.2. The molecular formula is C10H22NO3P. The van der Waals surface area contributed by atoms with Gasteiger partial charge in [0.05, 0.1) is 6.16 Å². The lowest BCUT2D eigenvalue weighted by molar-refractivity contribution is 0.269. The summed E-state index contributed by atoms with van der Waals surface area (Å²) in [5.41, 5.74) is 0. The van der Waals surface area contributed by atoms with Gasteiger partial charge in [0.2, 0.25) is 0 Å². The van der Waals surface area contributed by atoms with E-state index in [-0.39, 0.29) is 6.04 Å². The van der Waals surface area contributed by atoms with E-state index in [2.05, 4.69) is 5.32 Å². The predicted octanol–water partition coefficient (Wildman–Crippen LogP) is 2.39. The van der Waals surface area contributed by atoms with Crippen LogP contribution in [0.2, 0.25) is 0 Å². The highest BCUT2D eigenvalue weighted by molar-refractivity contribution is 7.53.